The summed E-state index contributed by atoms with van der Waals surface area (Å²) in [4.78, 5) is 7.37. The molecule has 5 heteroatoms. The van der Waals surface area contributed by atoms with Gasteiger partial charge in [0.2, 0.25) is 0 Å². The molecule has 4 aliphatic rings. The standard InChI is InChI=1S/C98H65BN4/c1-6-30-65(31-7-1)75-47-28-48-76(66-32-8-2-9-33-66)96(75)102-91-62-72(100-64-69-38-16-17-41-74(69)81-44-20-25-53-88(81)100)56-58-86(91)99-87-59-57-73(101-89-54-26-21-45-82(89)83-46-22-27-55-90(83)101)63-92(87)103(97-77(67-34-10-3-11-35-67)49-29-50-78(97)68-36-12-4-13-37-68)94-61-71(60-93(102)95(94)99)98(70-39-14-5-15-40-70)84-51-23-18-42-79(84)80-43-19-24-52-85(80)98/h1-63H,64H2/i18D,19D,23D,24D,42D,43D,51D,52D. The summed E-state index contributed by atoms with van der Waals surface area (Å²) >= 11 is 0. The molecule has 0 radical (unpaired) electrons. The summed E-state index contributed by atoms with van der Waals surface area (Å²) in [5.74, 6) is 0. The molecular formula is C98H65BN4. The zero-order chi connectivity index (χ0) is 74.7. The van der Waals surface area contributed by atoms with Crippen LogP contribution in [0.2, 0.25) is 0 Å². The summed E-state index contributed by atoms with van der Waals surface area (Å²) in [5, 5.41) is 2.23. The normalized spacial score (nSPS) is 14.5. The van der Waals surface area contributed by atoms with Crippen LogP contribution in [0.4, 0.5) is 45.5 Å². The Labute approximate surface area is 611 Å². The first-order valence-corrected chi connectivity index (χ1v) is 35.2. The summed E-state index contributed by atoms with van der Waals surface area (Å²) in [6.07, 6.45) is 0. The van der Waals surface area contributed by atoms with Gasteiger partial charge in [-0.3, -0.25) is 0 Å². The number of fused-ring (bicyclic) bond motifs is 13. The minimum Gasteiger partial charge on any atom is -0.336 e. The van der Waals surface area contributed by atoms with Gasteiger partial charge < -0.3 is 19.3 Å². The molecule has 0 atom stereocenters. The van der Waals surface area contributed by atoms with Gasteiger partial charge in [0.1, 0.15) is 0 Å². The highest BCUT2D eigenvalue weighted by Gasteiger charge is 2.51. The van der Waals surface area contributed by atoms with Crippen molar-refractivity contribution in [2.75, 3.05) is 14.7 Å². The van der Waals surface area contributed by atoms with Gasteiger partial charge in [-0.05, 0) is 138 Å². The molecule has 0 saturated carbocycles. The molecule has 16 aromatic carbocycles. The highest BCUT2D eigenvalue weighted by molar-refractivity contribution is 7.00. The molecule has 0 spiro atoms. The van der Waals surface area contributed by atoms with E-state index in [0.717, 1.165) is 139 Å². The van der Waals surface area contributed by atoms with E-state index >= 15 is 0 Å². The highest BCUT2D eigenvalue weighted by Crippen LogP contribution is 2.60. The minimum absolute atomic E-state index is 0.0194. The molecule has 17 aromatic rings. The fourth-order valence-corrected chi connectivity index (χ4v) is 17.6. The van der Waals surface area contributed by atoms with Gasteiger partial charge >= 0.3 is 0 Å². The van der Waals surface area contributed by atoms with Gasteiger partial charge in [0, 0.05) is 84.9 Å². The van der Waals surface area contributed by atoms with Crippen LogP contribution in [0.25, 0.3) is 94.3 Å². The van der Waals surface area contributed by atoms with E-state index in [-0.39, 0.29) is 34.3 Å². The third kappa shape index (κ3) is 8.86. The summed E-state index contributed by atoms with van der Waals surface area (Å²) in [6, 6.07) is 114. The van der Waals surface area contributed by atoms with E-state index in [2.05, 4.69) is 298 Å². The first-order chi connectivity index (χ1) is 54.5. The van der Waals surface area contributed by atoms with E-state index in [1.807, 2.05) is 54.6 Å². The van der Waals surface area contributed by atoms with Crippen LogP contribution in [-0.4, -0.2) is 11.3 Å². The molecule has 1 aliphatic carbocycles. The third-order valence-corrected chi connectivity index (χ3v) is 21.9. The number of benzene rings is 16. The Morgan fingerprint density at radius 1 is 0.301 bits per heavy atom. The lowest BCUT2D eigenvalue weighted by Gasteiger charge is -2.47. The predicted molar refractivity (Wildman–Crippen MR) is 432 cm³/mol. The second-order valence-electron chi connectivity index (χ2n) is 27.1. The number of rotatable bonds is 10. The van der Waals surface area contributed by atoms with Crippen LogP contribution < -0.4 is 31.1 Å². The maximum atomic E-state index is 10.6. The monoisotopic (exact) mass is 1320 g/mol. The number of nitrogens with zero attached hydrogens (tertiary/aromatic N) is 4. The first kappa shape index (κ1) is 51.0. The lowest BCUT2D eigenvalue weighted by molar-refractivity contribution is 0.768. The maximum absolute atomic E-state index is 10.6. The Morgan fingerprint density at radius 3 is 1.22 bits per heavy atom. The first-order valence-electron chi connectivity index (χ1n) is 39.2. The van der Waals surface area contributed by atoms with Crippen molar-refractivity contribution in [2.24, 2.45) is 0 Å². The van der Waals surface area contributed by atoms with Crippen molar-refractivity contribution < 1.29 is 11.0 Å². The number of anilines is 8. The molecule has 0 bridgehead atoms. The maximum Gasteiger partial charge on any atom is 0.252 e. The second kappa shape index (κ2) is 23.5. The van der Waals surface area contributed by atoms with Crippen LogP contribution in [0.3, 0.4) is 0 Å². The fraction of sp³-hybridized carbons (Fsp3) is 0.0204. The zero-order valence-electron chi connectivity index (χ0n) is 63.8. The molecule has 0 N–H and O–H groups in total. The molecule has 3 aliphatic heterocycles. The summed E-state index contributed by atoms with van der Waals surface area (Å²) in [6.45, 7) is 0.0371. The van der Waals surface area contributed by atoms with Crippen molar-refractivity contribution in [2.45, 2.75) is 12.0 Å². The summed E-state index contributed by atoms with van der Waals surface area (Å²) < 4.78 is 82.9. The van der Waals surface area contributed by atoms with Gasteiger partial charge in [-0.2, -0.15) is 0 Å². The molecular weight excluding hydrogens is 1240 g/mol. The Morgan fingerprint density at radius 2 is 0.709 bits per heavy atom. The molecule has 480 valence electrons. The van der Waals surface area contributed by atoms with Crippen LogP contribution in [0.5, 0.6) is 0 Å². The van der Waals surface area contributed by atoms with Gasteiger partial charge in [-0.15, -0.1) is 0 Å². The van der Waals surface area contributed by atoms with E-state index in [4.69, 9.17) is 0 Å². The minimum atomic E-state index is -1.92. The molecule has 1 aromatic heterocycles. The van der Waals surface area contributed by atoms with E-state index in [0.29, 0.717) is 17.7 Å². The molecule has 0 unspecified atom stereocenters. The summed E-state index contributed by atoms with van der Waals surface area (Å²) in [7, 11) is 0. The lowest BCUT2D eigenvalue weighted by atomic mass is 9.33. The van der Waals surface area contributed by atoms with Crippen molar-refractivity contribution in [3.8, 4) is 72.4 Å². The molecule has 103 heavy (non-hydrogen) atoms. The van der Waals surface area contributed by atoms with Crippen molar-refractivity contribution in [1.82, 2.24) is 4.57 Å². The van der Waals surface area contributed by atoms with Crippen LogP contribution in [0.1, 0.15) is 38.8 Å². The third-order valence-electron chi connectivity index (χ3n) is 21.9. The van der Waals surface area contributed by atoms with Crippen LogP contribution in [-0.2, 0) is 12.0 Å². The van der Waals surface area contributed by atoms with E-state index in [1.165, 1.54) is 11.1 Å². The average molecular weight is 1320 g/mol. The zero-order valence-corrected chi connectivity index (χ0v) is 55.8. The summed E-state index contributed by atoms with van der Waals surface area (Å²) in [5.41, 5.74) is 23.5. The Bertz CT molecular complexity index is 6520. The molecule has 0 fully saturated rings. The number of para-hydroxylation sites is 5. The van der Waals surface area contributed by atoms with E-state index in [9.17, 15) is 11.0 Å². The van der Waals surface area contributed by atoms with Crippen molar-refractivity contribution >= 4 is 90.4 Å². The topological polar surface area (TPSA) is 14.7 Å². The van der Waals surface area contributed by atoms with Crippen LogP contribution >= 0.6 is 0 Å². The van der Waals surface area contributed by atoms with Crippen LogP contribution in [0.15, 0.2) is 382 Å². The van der Waals surface area contributed by atoms with Gasteiger partial charge in [0.15, 0.2) is 0 Å². The molecule has 4 nitrogen and oxygen atoms in total. The van der Waals surface area contributed by atoms with Crippen molar-refractivity contribution in [3.63, 3.8) is 0 Å². The smallest absolute Gasteiger partial charge is 0.252 e. The van der Waals surface area contributed by atoms with Gasteiger partial charge in [-0.25, -0.2) is 0 Å². The van der Waals surface area contributed by atoms with Gasteiger partial charge in [0.05, 0.1) is 38.8 Å². The molecule has 4 heterocycles. The Hall–Kier alpha value is -13.2. The SMILES string of the molecule is [2H]c1c([2H])c([2H])c2c(c1[2H])-c1c([2H])c([2H])c([2H])c([2H])c1C2(c1ccccc1)c1cc2c3c(c1)N(c1c(-c4ccccc4)cccc1-c1ccccc1)c1cc(-n4c5ccccc5c5ccccc54)ccc1B3c1ccc(N3Cc4ccccc4-c4ccccc43)cc1N2c1c(-c2ccccc2)cccc1-c1ccccc1. The Balaban J connectivity index is 0.996. The van der Waals surface area contributed by atoms with E-state index in [1.54, 1.807) is 0 Å². The van der Waals surface area contributed by atoms with E-state index < -0.39 is 48.4 Å². The van der Waals surface area contributed by atoms with Crippen LogP contribution in [0, 0.1) is 0 Å². The lowest BCUT2D eigenvalue weighted by Crippen LogP contribution is -2.61. The predicted octanol–water partition coefficient (Wildman–Crippen LogP) is 23.2. The largest absolute Gasteiger partial charge is 0.336 e. The number of aromatic nitrogens is 1. The van der Waals surface area contributed by atoms with Crippen molar-refractivity contribution in [3.05, 3.63) is 410 Å². The van der Waals surface area contributed by atoms with Crippen molar-refractivity contribution in [1.29, 1.82) is 0 Å². The average Bonchev–Trinajstić information content (AvgIpc) is 1.59. The molecule has 0 amide bonds. The quantitative estimate of drug-likeness (QED) is 0.127. The highest BCUT2D eigenvalue weighted by atomic mass is 15.2. The second-order valence-corrected chi connectivity index (χ2v) is 27.1. The molecule has 21 rings (SSSR count). The van der Waals surface area contributed by atoms with Gasteiger partial charge in [-0.1, -0.05) is 327 Å². The molecule has 0 saturated heterocycles. The Kier molecular flexibility index (Phi) is 11.6. The van der Waals surface area contributed by atoms with Gasteiger partial charge in [0.25, 0.3) is 6.71 Å². The number of hydrogen-bond donors (Lipinski definition) is 0. The fourth-order valence-electron chi connectivity index (χ4n) is 17.6. The number of hydrogen-bond acceptors (Lipinski definition) is 3.